The minimum Gasteiger partial charge on any atom is -0.444 e. The molecule has 0 aromatic heterocycles. The van der Waals surface area contributed by atoms with Crippen LogP contribution in [0.1, 0.15) is 72.6 Å². The molecule has 2 fully saturated rings. The van der Waals surface area contributed by atoms with Crippen molar-refractivity contribution in [1.82, 2.24) is 10.6 Å². The van der Waals surface area contributed by atoms with Gasteiger partial charge in [-0.3, -0.25) is 0 Å². The monoisotopic (exact) mass is 384 g/mol. The molecule has 0 radical (unpaired) electrons. The molecule has 158 valence electrons. The van der Waals surface area contributed by atoms with Gasteiger partial charge in [-0.05, 0) is 59.8 Å². The number of rotatable bonds is 10. The first-order valence-corrected chi connectivity index (χ1v) is 10.6. The average molecular weight is 385 g/mol. The normalized spacial score (nSPS) is 25.2. The predicted octanol–water partition coefficient (Wildman–Crippen LogP) is 3.63. The fourth-order valence-corrected chi connectivity index (χ4v) is 4.67. The van der Waals surface area contributed by atoms with E-state index >= 15 is 0 Å². The number of hydrogen-bond donors (Lipinski definition) is 2. The van der Waals surface area contributed by atoms with Gasteiger partial charge in [0, 0.05) is 37.8 Å². The minimum absolute atomic E-state index is 0.306. The number of hydrogen-bond acceptors (Lipinski definition) is 5. The van der Waals surface area contributed by atoms with Crippen molar-refractivity contribution < 1.29 is 19.0 Å². The Hall–Kier alpha value is -0.850. The summed E-state index contributed by atoms with van der Waals surface area (Å²) in [5, 5.41) is 6.69. The fraction of sp³-hybridized carbons (Fsp3) is 0.952. The van der Waals surface area contributed by atoms with Crippen molar-refractivity contribution in [2.75, 3.05) is 26.9 Å². The lowest BCUT2D eigenvalue weighted by atomic mass is 9.60. The number of methoxy groups -OCH3 is 1. The Bertz CT molecular complexity index is 458. The Balaban J connectivity index is 1.76. The number of ether oxygens (including phenoxy) is 3. The van der Waals surface area contributed by atoms with Crippen molar-refractivity contribution >= 4 is 6.09 Å². The molecule has 2 rings (SSSR count). The standard InChI is InChI=1S/C21H40N2O4/c1-6-26-18-14-17(21(18)11-7-8-12-21)23-16(15-25-5)10-9-13-22-19(24)27-20(2,3)4/h16-18,23H,6-15H2,1-5H3,(H,22,24)/t16-,17-,18-/m1/s1. The Morgan fingerprint density at radius 1 is 1.26 bits per heavy atom. The third-order valence-electron chi connectivity index (χ3n) is 5.89. The topological polar surface area (TPSA) is 68.8 Å². The van der Waals surface area contributed by atoms with Crippen LogP contribution < -0.4 is 10.6 Å². The van der Waals surface area contributed by atoms with E-state index in [0.29, 0.717) is 36.8 Å². The van der Waals surface area contributed by atoms with E-state index in [0.717, 1.165) is 25.9 Å². The third-order valence-corrected chi connectivity index (χ3v) is 5.89. The number of carbonyl (C=O) groups excluding carboxylic acids is 1. The maximum absolute atomic E-state index is 11.7. The van der Waals surface area contributed by atoms with Gasteiger partial charge in [-0.15, -0.1) is 0 Å². The van der Waals surface area contributed by atoms with E-state index in [-0.39, 0.29) is 6.09 Å². The van der Waals surface area contributed by atoms with Crippen LogP contribution in [0.15, 0.2) is 0 Å². The molecular weight excluding hydrogens is 344 g/mol. The van der Waals surface area contributed by atoms with E-state index in [1.165, 1.54) is 25.7 Å². The number of alkyl carbamates (subject to hydrolysis) is 1. The van der Waals surface area contributed by atoms with E-state index < -0.39 is 5.60 Å². The van der Waals surface area contributed by atoms with Crippen molar-refractivity contribution in [3.05, 3.63) is 0 Å². The van der Waals surface area contributed by atoms with Gasteiger partial charge in [0.05, 0.1) is 12.7 Å². The lowest BCUT2D eigenvalue weighted by Crippen LogP contribution is -2.64. The van der Waals surface area contributed by atoms with Gasteiger partial charge in [0.1, 0.15) is 5.60 Å². The van der Waals surface area contributed by atoms with E-state index in [4.69, 9.17) is 14.2 Å². The Labute approximate surface area is 165 Å². The summed E-state index contributed by atoms with van der Waals surface area (Å²) in [6.45, 7) is 9.83. The van der Waals surface area contributed by atoms with Crippen molar-refractivity contribution in [2.24, 2.45) is 5.41 Å². The summed E-state index contributed by atoms with van der Waals surface area (Å²) >= 11 is 0. The molecule has 0 saturated heterocycles. The SMILES string of the molecule is CCO[C@@H]1C[C@@H](N[C@H](CCCNC(=O)OC(C)(C)C)COC)C12CCCC2. The lowest BCUT2D eigenvalue weighted by molar-refractivity contribution is -0.134. The molecule has 0 heterocycles. The van der Waals surface area contributed by atoms with Crippen molar-refractivity contribution in [1.29, 1.82) is 0 Å². The molecule has 1 amide bonds. The summed E-state index contributed by atoms with van der Waals surface area (Å²) in [4.78, 5) is 11.7. The van der Waals surface area contributed by atoms with Gasteiger partial charge >= 0.3 is 6.09 Å². The van der Waals surface area contributed by atoms with Crippen LogP contribution in [-0.2, 0) is 14.2 Å². The molecule has 2 aliphatic carbocycles. The molecular formula is C21H40N2O4. The van der Waals surface area contributed by atoms with E-state index in [1.54, 1.807) is 7.11 Å². The van der Waals surface area contributed by atoms with Gasteiger partial charge in [-0.25, -0.2) is 4.79 Å². The summed E-state index contributed by atoms with van der Waals surface area (Å²) in [5.41, 5.74) is -0.127. The highest BCUT2D eigenvalue weighted by atomic mass is 16.6. The first-order valence-electron chi connectivity index (χ1n) is 10.6. The number of amides is 1. The van der Waals surface area contributed by atoms with Crippen LogP contribution in [0, 0.1) is 5.41 Å². The van der Waals surface area contributed by atoms with Crippen molar-refractivity contribution in [3.63, 3.8) is 0 Å². The summed E-state index contributed by atoms with van der Waals surface area (Å²) in [7, 11) is 1.75. The Kier molecular flexibility index (Phi) is 8.38. The first kappa shape index (κ1) is 22.4. The molecule has 0 aliphatic heterocycles. The fourth-order valence-electron chi connectivity index (χ4n) is 4.67. The van der Waals surface area contributed by atoms with Gasteiger partial charge < -0.3 is 24.8 Å². The third kappa shape index (κ3) is 6.33. The van der Waals surface area contributed by atoms with Gasteiger partial charge in [0.2, 0.25) is 0 Å². The predicted molar refractivity (Wildman–Crippen MR) is 107 cm³/mol. The maximum atomic E-state index is 11.7. The number of nitrogens with one attached hydrogen (secondary N) is 2. The van der Waals surface area contributed by atoms with E-state index in [9.17, 15) is 4.79 Å². The van der Waals surface area contributed by atoms with Crippen LogP contribution in [0.2, 0.25) is 0 Å². The van der Waals surface area contributed by atoms with E-state index in [2.05, 4.69) is 17.6 Å². The zero-order valence-electron chi connectivity index (χ0n) is 17.9. The van der Waals surface area contributed by atoms with Crippen LogP contribution in [0.4, 0.5) is 4.79 Å². The number of carbonyl (C=O) groups is 1. The molecule has 0 unspecified atom stereocenters. The second kappa shape index (κ2) is 10.1. The van der Waals surface area contributed by atoms with Gasteiger partial charge in [-0.1, -0.05) is 12.8 Å². The molecule has 2 saturated carbocycles. The molecule has 0 bridgehead atoms. The van der Waals surface area contributed by atoms with Gasteiger partial charge in [0.15, 0.2) is 0 Å². The summed E-state index contributed by atoms with van der Waals surface area (Å²) in [6, 6.07) is 0.830. The van der Waals surface area contributed by atoms with Crippen molar-refractivity contribution in [3.8, 4) is 0 Å². The maximum Gasteiger partial charge on any atom is 0.407 e. The molecule has 2 N–H and O–H groups in total. The van der Waals surface area contributed by atoms with Crippen LogP contribution in [0.5, 0.6) is 0 Å². The molecule has 1 spiro atoms. The Morgan fingerprint density at radius 3 is 2.56 bits per heavy atom. The zero-order chi connectivity index (χ0) is 19.9. The van der Waals surface area contributed by atoms with E-state index in [1.807, 2.05) is 20.8 Å². The quantitative estimate of drug-likeness (QED) is 0.563. The highest BCUT2D eigenvalue weighted by Crippen LogP contribution is 2.54. The van der Waals surface area contributed by atoms with Gasteiger partial charge in [-0.2, -0.15) is 0 Å². The zero-order valence-corrected chi connectivity index (χ0v) is 17.9. The summed E-state index contributed by atoms with van der Waals surface area (Å²) in [5.74, 6) is 0. The van der Waals surface area contributed by atoms with Crippen molar-refractivity contribution in [2.45, 2.75) is 96.4 Å². The smallest absolute Gasteiger partial charge is 0.407 e. The summed E-state index contributed by atoms with van der Waals surface area (Å²) in [6.07, 6.45) is 8.22. The minimum atomic E-state index is -0.457. The second-order valence-electron chi connectivity index (χ2n) is 9.06. The molecule has 2 aliphatic rings. The van der Waals surface area contributed by atoms with Crippen LogP contribution in [0.3, 0.4) is 0 Å². The van der Waals surface area contributed by atoms with Crippen LogP contribution in [0.25, 0.3) is 0 Å². The van der Waals surface area contributed by atoms with Gasteiger partial charge in [0.25, 0.3) is 0 Å². The largest absolute Gasteiger partial charge is 0.444 e. The lowest BCUT2D eigenvalue weighted by Gasteiger charge is -2.55. The van der Waals surface area contributed by atoms with Crippen LogP contribution >= 0.6 is 0 Å². The Morgan fingerprint density at radius 2 is 1.96 bits per heavy atom. The average Bonchev–Trinajstić information content (AvgIpc) is 3.09. The second-order valence-corrected chi connectivity index (χ2v) is 9.06. The van der Waals surface area contributed by atoms with Crippen LogP contribution in [-0.4, -0.2) is 56.8 Å². The molecule has 0 aromatic carbocycles. The highest BCUT2D eigenvalue weighted by molar-refractivity contribution is 5.67. The summed E-state index contributed by atoms with van der Waals surface area (Å²) < 4.78 is 16.7. The first-order chi connectivity index (χ1) is 12.8. The molecule has 6 nitrogen and oxygen atoms in total. The molecule has 27 heavy (non-hydrogen) atoms. The molecule has 6 heteroatoms. The molecule has 3 atom stereocenters. The molecule has 0 aromatic rings. The highest BCUT2D eigenvalue weighted by Gasteiger charge is 2.56.